The topological polar surface area (TPSA) is 81.4 Å². The molecule has 8 heteroatoms. The van der Waals surface area contributed by atoms with Gasteiger partial charge in [0.05, 0.1) is 12.3 Å². The summed E-state index contributed by atoms with van der Waals surface area (Å²) in [7, 11) is 1.90. The number of tetrazole rings is 1. The van der Waals surface area contributed by atoms with Crippen molar-refractivity contribution in [2.75, 3.05) is 13.6 Å². The number of nitrogens with zero attached hydrogens (tertiary/aromatic N) is 6. The average Bonchev–Trinajstić information content (AvgIpc) is 2.82. The molecule has 0 bridgehead atoms. The summed E-state index contributed by atoms with van der Waals surface area (Å²) >= 11 is 1.53. The molecule has 0 amide bonds. The van der Waals surface area contributed by atoms with Gasteiger partial charge in [-0.3, -0.25) is 0 Å². The SMILES string of the molecule is CNCCn1nnnc1SCc1ncccn1. The summed E-state index contributed by atoms with van der Waals surface area (Å²) in [6, 6.07) is 1.80. The van der Waals surface area contributed by atoms with E-state index < -0.39 is 0 Å². The van der Waals surface area contributed by atoms with Crippen molar-refractivity contribution >= 4 is 11.8 Å². The second-order valence-corrected chi connectivity index (χ2v) is 4.18. The standard InChI is InChI=1S/C9H13N7S/c1-10-5-6-16-9(13-14-15-16)17-7-8-11-3-2-4-12-8/h2-4,10H,5-7H2,1H3. The lowest BCUT2D eigenvalue weighted by Gasteiger charge is -2.02. The summed E-state index contributed by atoms with van der Waals surface area (Å²) in [4.78, 5) is 8.30. The van der Waals surface area contributed by atoms with Gasteiger partial charge in [0.25, 0.3) is 0 Å². The third-order valence-electron chi connectivity index (χ3n) is 2.02. The molecule has 2 heterocycles. The van der Waals surface area contributed by atoms with Crippen LogP contribution in [-0.2, 0) is 12.3 Å². The Bertz CT molecular complexity index is 444. The van der Waals surface area contributed by atoms with Gasteiger partial charge in [0.15, 0.2) is 0 Å². The molecular weight excluding hydrogens is 238 g/mol. The summed E-state index contributed by atoms with van der Waals surface area (Å²) in [5.74, 6) is 1.45. The Kier molecular flexibility index (Phi) is 4.39. The van der Waals surface area contributed by atoms with Crippen molar-refractivity contribution in [1.29, 1.82) is 0 Å². The van der Waals surface area contributed by atoms with Crippen molar-refractivity contribution < 1.29 is 0 Å². The summed E-state index contributed by atoms with van der Waals surface area (Å²) < 4.78 is 1.77. The third-order valence-corrected chi connectivity index (χ3v) is 2.98. The van der Waals surface area contributed by atoms with Crippen molar-refractivity contribution in [3.05, 3.63) is 24.3 Å². The van der Waals surface area contributed by atoms with E-state index in [2.05, 4.69) is 30.8 Å². The van der Waals surface area contributed by atoms with E-state index in [0.717, 1.165) is 24.1 Å². The highest BCUT2D eigenvalue weighted by atomic mass is 32.2. The first-order chi connectivity index (χ1) is 8.40. The van der Waals surface area contributed by atoms with Crippen LogP contribution in [0.1, 0.15) is 5.82 Å². The molecule has 2 aromatic heterocycles. The van der Waals surface area contributed by atoms with Crippen LogP contribution in [-0.4, -0.2) is 43.8 Å². The fourth-order valence-corrected chi connectivity index (χ4v) is 1.97. The maximum absolute atomic E-state index is 4.15. The molecule has 0 fully saturated rings. The number of aromatic nitrogens is 6. The predicted molar refractivity (Wildman–Crippen MR) is 63.3 cm³/mol. The van der Waals surface area contributed by atoms with Gasteiger partial charge in [-0.25, -0.2) is 14.6 Å². The van der Waals surface area contributed by atoms with Crippen LogP contribution < -0.4 is 5.32 Å². The van der Waals surface area contributed by atoms with E-state index in [0.29, 0.717) is 5.75 Å². The molecule has 17 heavy (non-hydrogen) atoms. The molecule has 0 radical (unpaired) electrons. The Morgan fingerprint density at radius 3 is 2.94 bits per heavy atom. The van der Waals surface area contributed by atoms with Crippen molar-refractivity contribution in [2.24, 2.45) is 0 Å². The average molecular weight is 251 g/mol. The monoisotopic (exact) mass is 251 g/mol. The first-order valence-corrected chi connectivity index (χ1v) is 6.18. The van der Waals surface area contributed by atoms with Crippen LogP contribution in [0, 0.1) is 0 Å². The van der Waals surface area contributed by atoms with Gasteiger partial charge >= 0.3 is 0 Å². The lowest BCUT2D eigenvalue weighted by atomic mass is 10.6. The van der Waals surface area contributed by atoms with E-state index in [1.54, 1.807) is 23.1 Å². The highest BCUT2D eigenvalue weighted by molar-refractivity contribution is 7.98. The van der Waals surface area contributed by atoms with E-state index in [1.807, 2.05) is 7.05 Å². The van der Waals surface area contributed by atoms with E-state index in [1.165, 1.54) is 11.8 Å². The molecule has 0 aliphatic rings. The molecule has 90 valence electrons. The van der Waals surface area contributed by atoms with Crippen molar-refractivity contribution in [3.8, 4) is 0 Å². The summed E-state index contributed by atoms with van der Waals surface area (Å²) in [5, 5.41) is 15.4. The van der Waals surface area contributed by atoms with Crippen LogP contribution in [0.3, 0.4) is 0 Å². The lowest BCUT2D eigenvalue weighted by molar-refractivity contribution is 0.530. The summed E-state index contributed by atoms with van der Waals surface area (Å²) in [5.41, 5.74) is 0. The molecule has 2 aromatic rings. The fourth-order valence-electron chi connectivity index (χ4n) is 1.19. The van der Waals surface area contributed by atoms with Gasteiger partial charge in [-0.1, -0.05) is 11.8 Å². The molecule has 7 nitrogen and oxygen atoms in total. The molecule has 0 aromatic carbocycles. The van der Waals surface area contributed by atoms with Crippen molar-refractivity contribution in [1.82, 2.24) is 35.5 Å². The number of thioether (sulfide) groups is 1. The number of hydrogen-bond donors (Lipinski definition) is 1. The Hall–Kier alpha value is -1.54. The van der Waals surface area contributed by atoms with E-state index in [4.69, 9.17) is 0 Å². The molecule has 0 saturated carbocycles. The molecule has 2 rings (SSSR count). The largest absolute Gasteiger partial charge is 0.318 e. The first-order valence-electron chi connectivity index (χ1n) is 5.19. The second-order valence-electron chi connectivity index (χ2n) is 3.24. The molecule has 0 aliphatic carbocycles. The first kappa shape index (κ1) is 11.9. The van der Waals surface area contributed by atoms with E-state index in [-0.39, 0.29) is 0 Å². The smallest absolute Gasteiger partial charge is 0.209 e. The lowest BCUT2D eigenvalue weighted by Crippen LogP contribution is -2.16. The van der Waals surface area contributed by atoms with Gasteiger partial charge in [0.1, 0.15) is 5.82 Å². The zero-order valence-electron chi connectivity index (χ0n) is 9.44. The van der Waals surface area contributed by atoms with Crippen LogP contribution in [0.2, 0.25) is 0 Å². The Morgan fingerprint density at radius 2 is 2.18 bits per heavy atom. The van der Waals surface area contributed by atoms with Gasteiger partial charge in [0, 0.05) is 18.9 Å². The minimum Gasteiger partial charge on any atom is -0.318 e. The Morgan fingerprint density at radius 1 is 1.35 bits per heavy atom. The zero-order valence-corrected chi connectivity index (χ0v) is 10.3. The van der Waals surface area contributed by atoms with Gasteiger partial charge in [-0.2, -0.15) is 0 Å². The molecule has 1 N–H and O–H groups in total. The molecule has 0 atom stereocenters. The molecule has 0 aliphatic heterocycles. The Balaban J connectivity index is 1.92. The Labute approximate surface area is 103 Å². The quantitative estimate of drug-likeness (QED) is 0.722. The molecule has 0 unspecified atom stereocenters. The number of rotatable bonds is 6. The summed E-state index contributed by atoms with van der Waals surface area (Å²) in [6.45, 7) is 1.59. The van der Waals surface area contributed by atoms with Gasteiger partial charge in [-0.05, 0) is 23.5 Å². The molecular formula is C9H13N7S. The number of hydrogen-bond acceptors (Lipinski definition) is 7. The van der Waals surface area contributed by atoms with Crippen LogP contribution in [0.5, 0.6) is 0 Å². The fraction of sp³-hybridized carbons (Fsp3) is 0.444. The van der Waals surface area contributed by atoms with E-state index in [9.17, 15) is 0 Å². The number of nitrogens with one attached hydrogen (secondary N) is 1. The number of likely N-dealkylation sites (N-methyl/N-ethyl adjacent to an activating group) is 1. The van der Waals surface area contributed by atoms with Gasteiger partial charge in [0.2, 0.25) is 5.16 Å². The maximum Gasteiger partial charge on any atom is 0.209 e. The van der Waals surface area contributed by atoms with Gasteiger partial charge in [-0.15, -0.1) is 5.10 Å². The normalized spacial score (nSPS) is 10.6. The van der Waals surface area contributed by atoms with Crippen LogP contribution in [0.25, 0.3) is 0 Å². The maximum atomic E-state index is 4.15. The molecule has 0 saturated heterocycles. The highest BCUT2D eigenvalue weighted by Gasteiger charge is 2.07. The minimum absolute atomic E-state index is 0.667. The highest BCUT2D eigenvalue weighted by Crippen LogP contribution is 2.17. The minimum atomic E-state index is 0.667. The van der Waals surface area contributed by atoms with Crippen LogP contribution >= 0.6 is 11.8 Å². The summed E-state index contributed by atoms with van der Waals surface area (Å²) in [6.07, 6.45) is 3.46. The molecule has 0 spiro atoms. The predicted octanol–water partition coefficient (Wildman–Crippen LogP) is -0.0252. The van der Waals surface area contributed by atoms with Crippen molar-refractivity contribution in [3.63, 3.8) is 0 Å². The van der Waals surface area contributed by atoms with Crippen molar-refractivity contribution in [2.45, 2.75) is 17.5 Å². The van der Waals surface area contributed by atoms with Crippen LogP contribution in [0.15, 0.2) is 23.6 Å². The third kappa shape index (κ3) is 3.46. The second kappa shape index (κ2) is 6.26. The van der Waals surface area contributed by atoms with Crippen LogP contribution in [0.4, 0.5) is 0 Å². The van der Waals surface area contributed by atoms with E-state index >= 15 is 0 Å². The zero-order chi connectivity index (χ0) is 11.9. The van der Waals surface area contributed by atoms with Gasteiger partial charge < -0.3 is 5.32 Å².